The Morgan fingerprint density at radius 3 is 2.73 bits per heavy atom. The Labute approximate surface area is 139 Å². The second kappa shape index (κ2) is 8.21. The van der Waals surface area contributed by atoms with Crippen LogP contribution >= 0.6 is 11.8 Å². The molecule has 1 aromatic rings. The average Bonchev–Trinajstić information content (AvgIpc) is 2.57. The fourth-order valence-corrected chi connectivity index (χ4v) is 4.29. The summed E-state index contributed by atoms with van der Waals surface area (Å²) in [5.74, 6) is 3.05. The highest BCUT2D eigenvalue weighted by Gasteiger charge is 2.23. The highest BCUT2D eigenvalue weighted by atomic mass is 32.2. The van der Waals surface area contributed by atoms with Gasteiger partial charge >= 0.3 is 0 Å². The van der Waals surface area contributed by atoms with Gasteiger partial charge in [0.25, 0.3) is 0 Å². The lowest BCUT2D eigenvalue weighted by Gasteiger charge is -2.37. The van der Waals surface area contributed by atoms with E-state index in [1.165, 1.54) is 76.2 Å². The molecule has 0 aliphatic carbocycles. The van der Waals surface area contributed by atoms with E-state index in [4.69, 9.17) is 4.98 Å². The van der Waals surface area contributed by atoms with E-state index in [0.29, 0.717) is 0 Å². The zero-order valence-electron chi connectivity index (χ0n) is 13.8. The van der Waals surface area contributed by atoms with Gasteiger partial charge in [-0.25, -0.2) is 4.98 Å². The number of aromatic nitrogens is 1. The number of anilines is 1. The molecule has 2 aliphatic rings. The number of hydrogen-bond acceptors (Lipinski definition) is 4. The van der Waals surface area contributed by atoms with Gasteiger partial charge in [0.05, 0.1) is 0 Å². The second-order valence-corrected chi connectivity index (χ2v) is 7.64. The molecular formula is C18H29N3S. The van der Waals surface area contributed by atoms with Gasteiger partial charge in [-0.05, 0) is 62.6 Å². The maximum atomic E-state index is 4.70. The summed E-state index contributed by atoms with van der Waals surface area (Å²) in [6.45, 7) is 6.29. The minimum Gasteiger partial charge on any atom is -0.356 e. The smallest absolute Gasteiger partial charge is 0.128 e. The molecule has 3 heterocycles. The zero-order chi connectivity index (χ0) is 15.2. The number of pyridine rings is 1. The van der Waals surface area contributed by atoms with E-state index in [2.05, 4.69) is 34.4 Å². The molecule has 3 rings (SSSR count). The third kappa shape index (κ3) is 4.39. The van der Waals surface area contributed by atoms with E-state index < -0.39 is 0 Å². The first-order valence-electron chi connectivity index (χ1n) is 8.76. The molecule has 122 valence electrons. The molecule has 1 atom stereocenters. The summed E-state index contributed by atoms with van der Waals surface area (Å²) in [6.07, 6.45) is 11.1. The predicted octanol–water partition coefficient (Wildman–Crippen LogP) is 3.65. The number of likely N-dealkylation sites (tertiary alicyclic amines) is 1. The highest BCUT2D eigenvalue weighted by Crippen LogP contribution is 2.24. The summed E-state index contributed by atoms with van der Waals surface area (Å²) in [5, 5.41) is 0. The van der Waals surface area contributed by atoms with E-state index >= 15 is 0 Å². The van der Waals surface area contributed by atoms with Gasteiger partial charge in [0.2, 0.25) is 0 Å². The number of hydrogen-bond donors (Lipinski definition) is 0. The molecule has 0 amide bonds. The van der Waals surface area contributed by atoms with Crippen LogP contribution in [-0.4, -0.2) is 48.9 Å². The Bertz CT molecular complexity index is 442. The minimum atomic E-state index is 0.819. The molecule has 4 heteroatoms. The summed E-state index contributed by atoms with van der Waals surface area (Å²) < 4.78 is 0. The van der Waals surface area contributed by atoms with Crippen LogP contribution in [0.1, 0.15) is 37.7 Å². The molecule has 2 saturated heterocycles. The molecule has 22 heavy (non-hydrogen) atoms. The third-order valence-corrected chi connectivity index (χ3v) is 5.55. The fraction of sp³-hybridized carbons (Fsp3) is 0.722. The fourth-order valence-electron chi connectivity index (χ4n) is 3.79. The van der Waals surface area contributed by atoms with Crippen molar-refractivity contribution in [3.8, 4) is 0 Å². The van der Waals surface area contributed by atoms with Crippen molar-refractivity contribution in [2.24, 2.45) is 5.92 Å². The van der Waals surface area contributed by atoms with Crippen molar-refractivity contribution in [3.05, 3.63) is 23.9 Å². The normalized spacial score (nSPS) is 23.7. The maximum absolute atomic E-state index is 4.70. The summed E-state index contributed by atoms with van der Waals surface area (Å²) in [6, 6.07) is 4.46. The van der Waals surface area contributed by atoms with Crippen molar-refractivity contribution in [3.63, 3.8) is 0 Å². The van der Waals surface area contributed by atoms with Gasteiger partial charge in [0.1, 0.15) is 5.82 Å². The minimum absolute atomic E-state index is 0.819. The van der Waals surface area contributed by atoms with E-state index in [1.54, 1.807) is 0 Å². The van der Waals surface area contributed by atoms with Crippen LogP contribution in [0, 0.1) is 5.92 Å². The van der Waals surface area contributed by atoms with Gasteiger partial charge in [-0.15, -0.1) is 0 Å². The number of nitrogens with zero attached hydrogens (tertiary/aromatic N) is 3. The average molecular weight is 320 g/mol. The summed E-state index contributed by atoms with van der Waals surface area (Å²) in [4.78, 5) is 9.89. The van der Waals surface area contributed by atoms with Crippen molar-refractivity contribution in [2.75, 3.05) is 43.9 Å². The van der Waals surface area contributed by atoms with Crippen molar-refractivity contribution < 1.29 is 0 Å². The Balaban J connectivity index is 1.55. The van der Waals surface area contributed by atoms with Crippen molar-refractivity contribution in [1.29, 1.82) is 0 Å². The van der Waals surface area contributed by atoms with Crippen LogP contribution < -0.4 is 4.90 Å². The zero-order valence-corrected chi connectivity index (χ0v) is 14.7. The van der Waals surface area contributed by atoms with Crippen LogP contribution in [0.5, 0.6) is 0 Å². The van der Waals surface area contributed by atoms with E-state index in [9.17, 15) is 0 Å². The number of rotatable bonds is 5. The monoisotopic (exact) mass is 319 g/mol. The molecule has 0 N–H and O–H groups in total. The van der Waals surface area contributed by atoms with Gasteiger partial charge in [0, 0.05) is 31.6 Å². The first kappa shape index (κ1) is 16.1. The predicted molar refractivity (Wildman–Crippen MR) is 96.7 cm³/mol. The Hall–Kier alpha value is -0.740. The maximum Gasteiger partial charge on any atom is 0.128 e. The lowest BCUT2D eigenvalue weighted by molar-refractivity contribution is 0.185. The van der Waals surface area contributed by atoms with E-state index in [1.807, 2.05) is 11.8 Å². The molecular weight excluding hydrogens is 290 g/mol. The van der Waals surface area contributed by atoms with Crippen LogP contribution in [0.3, 0.4) is 0 Å². The highest BCUT2D eigenvalue weighted by molar-refractivity contribution is 7.97. The molecule has 0 unspecified atom stereocenters. The van der Waals surface area contributed by atoms with Gasteiger partial charge in [-0.3, -0.25) is 0 Å². The molecule has 0 bridgehead atoms. The Kier molecular flexibility index (Phi) is 6.02. The molecule has 0 spiro atoms. The molecule has 0 aromatic carbocycles. The third-order valence-electron chi connectivity index (χ3n) is 4.93. The van der Waals surface area contributed by atoms with Gasteiger partial charge in [0.15, 0.2) is 0 Å². The lowest BCUT2D eigenvalue weighted by atomic mass is 9.96. The SMILES string of the molecule is CSCc1ccc(N2CCC[C@@H](CN3CCCCC3)C2)nc1. The summed E-state index contributed by atoms with van der Waals surface area (Å²) >= 11 is 1.86. The van der Waals surface area contributed by atoms with Gasteiger partial charge in [-0.2, -0.15) is 11.8 Å². The largest absolute Gasteiger partial charge is 0.356 e. The number of thioether (sulfide) groups is 1. The van der Waals surface area contributed by atoms with Crippen molar-refractivity contribution in [1.82, 2.24) is 9.88 Å². The number of piperidine rings is 2. The molecule has 3 nitrogen and oxygen atoms in total. The van der Waals surface area contributed by atoms with E-state index in [0.717, 1.165) is 11.7 Å². The Morgan fingerprint density at radius 2 is 2.00 bits per heavy atom. The molecule has 0 radical (unpaired) electrons. The van der Waals surface area contributed by atoms with Crippen LogP contribution in [0.25, 0.3) is 0 Å². The quantitative estimate of drug-likeness (QED) is 0.825. The lowest BCUT2D eigenvalue weighted by Crippen LogP contribution is -2.42. The Morgan fingerprint density at radius 1 is 1.14 bits per heavy atom. The first-order valence-corrected chi connectivity index (χ1v) is 10.2. The molecule has 2 aliphatic heterocycles. The molecule has 1 aromatic heterocycles. The van der Waals surface area contributed by atoms with Crippen molar-refractivity contribution >= 4 is 17.6 Å². The molecule has 0 saturated carbocycles. The standard InChI is InChI=1S/C18H29N3S/c1-22-15-16-7-8-18(19-12-16)21-11-5-6-17(14-21)13-20-9-3-2-4-10-20/h7-8,12,17H,2-6,9-11,13-15H2,1H3/t17-/m0/s1. The summed E-state index contributed by atoms with van der Waals surface area (Å²) in [7, 11) is 0. The van der Waals surface area contributed by atoms with Crippen molar-refractivity contribution in [2.45, 2.75) is 37.9 Å². The molecule has 2 fully saturated rings. The topological polar surface area (TPSA) is 19.4 Å². The van der Waals surface area contributed by atoms with Gasteiger partial charge < -0.3 is 9.80 Å². The van der Waals surface area contributed by atoms with Gasteiger partial charge in [-0.1, -0.05) is 12.5 Å². The van der Waals surface area contributed by atoms with Crippen LogP contribution in [0.4, 0.5) is 5.82 Å². The van der Waals surface area contributed by atoms with E-state index in [-0.39, 0.29) is 0 Å². The first-order chi connectivity index (χ1) is 10.8. The van der Waals surface area contributed by atoms with Crippen LogP contribution in [0.15, 0.2) is 18.3 Å². The van der Waals surface area contributed by atoms with Crippen LogP contribution in [0.2, 0.25) is 0 Å². The summed E-state index contributed by atoms with van der Waals surface area (Å²) in [5.41, 5.74) is 1.33. The second-order valence-electron chi connectivity index (χ2n) is 6.77. The van der Waals surface area contributed by atoms with Crippen LogP contribution in [-0.2, 0) is 5.75 Å².